The molecule has 0 spiro atoms. The van der Waals surface area contributed by atoms with Gasteiger partial charge in [0.15, 0.2) is 15.8 Å². The summed E-state index contributed by atoms with van der Waals surface area (Å²) in [6.07, 6.45) is 4.53. The largest absolute Gasteiger partial charge is 0.352 e. The first-order chi connectivity index (χ1) is 11.4. The van der Waals surface area contributed by atoms with Crippen molar-refractivity contribution in [2.24, 2.45) is 4.99 Å². The second kappa shape index (κ2) is 10.1. The normalized spacial score (nSPS) is 13.4. The van der Waals surface area contributed by atoms with Gasteiger partial charge < -0.3 is 10.2 Å². The van der Waals surface area contributed by atoms with Crippen molar-refractivity contribution < 1.29 is 8.42 Å². The van der Waals surface area contributed by atoms with Crippen LogP contribution in [0.25, 0.3) is 0 Å². The van der Waals surface area contributed by atoms with Crippen LogP contribution in [0.3, 0.4) is 0 Å². The van der Waals surface area contributed by atoms with Crippen LogP contribution in [-0.4, -0.2) is 51.7 Å². The Balaban J connectivity index is 2.73. The fourth-order valence-electron chi connectivity index (χ4n) is 2.36. The van der Waals surface area contributed by atoms with Gasteiger partial charge in [-0.1, -0.05) is 31.2 Å². The Morgan fingerprint density at radius 2 is 2.04 bits per heavy atom. The lowest BCUT2D eigenvalue weighted by atomic mass is 10.2. The van der Waals surface area contributed by atoms with E-state index in [9.17, 15) is 8.42 Å². The lowest BCUT2D eigenvalue weighted by Crippen LogP contribution is -2.47. The van der Waals surface area contributed by atoms with Crippen molar-refractivity contribution in [3.05, 3.63) is 43.0 Å². The number of unbranched alkanes of at least 4 members (excludes halogenated alkanes) is 1. The highest BCUT2D eigenvalue weighted by Gasteiger charge is 2.21. The zero-order valence-corrected chi connectivity index (χ0v) is 15.7. The smallest absolute Gasteiger partial charge is 0.193 e. The topological polar surface area (TPSA) is 61.8 Å². The predicted molar refractivity (Wildman–Crippen MR) is 101 cm³/mol. The van der Waals surface area contributed by atoms with Gasteiger partial charge in [0.2, 0.25) is 0 Å². The molecule has 1 atom stereocenters. The van der Waals surface area contributed by atoms with Gasteiger partial charge in [-0.2, -0.15) is 0 Å². The third kappa shape index (κ3) is 6.35. The number of nitrogens with one attached hydrogen (secondary N) is 1. The van der Waals surface area contributed by atoms with Crippen LogP contribution in [0.15, 0.2) is 52.9 Å². The van der Waals surface area contributed by atoms with E-state index >= 15 is 0 Å². The highest BCUT2D eigenvalue weighted by molar-refractivity contribution is 7.91. The average molecular weight is 352 g/mol. The molecule has 5 nitrogen and oxygen atoms in total. The predicted octanol–water partition coefficient (Wildman–Crippen LogP) is 2.71. The van der Waals surface area contributed by atoms with Crippen LogP contribution in [0.2, 0.25) is 0 Å². The molecule has 0 aromatic heterocycles. The molecular weight excluding hydrogens is 322 g/mol. The number of hydrogen-bond donors (Lipinski definition) is 1. The maximum Gasteiger partial charge on any atom is 0.193 e. The SMILES string of the molecule is C=CCCCN(C)C(=NC)NC(CC)CS(=O)(=O)c1ccccc1. The molecule has 0 radical (unpaired) electrons. The molecule has 0 fully saturated rings. The van der Waals surface area contributed by atoms with Crippen LogP contribution in [0.4, 0.5) is 0 Å². The Morgan fingerprint density at radius 1 is 1.38 bits per heavy atom. The minimum Gasteiger partial charge on any atom is -0.352 e. The molecule has 0 bridgehead atoms. The molecule has 0 amide bonds. The molecule has 24 heavy (non-hydrogen) atoms. The van der Waals surface area contributed by atoms with Crippen LogP contribution in [0.1, 0.15) is 26.2 Å². The van der Waals surface area contributed by atoms with Crippen LogP contribution < -0.4 is 5.32 Å². The Morgan fingerprint density at radius 3 is 2.58 bits per heavy atom. The molecule has 1 unspecified atom stereocenters. The first kappa shape index (κ1) is 20.2. The van der Waals surface area contributed by atoms with Gasteiger partial charge in [0.05, 0.1) is 10.6 Å². The number of rotatable bonds is 9. The minimum atomic E-state index is -3.32. The Labute approximate surface area is 146 Å². The highest BCUT2D eigenvalue weighted by atomic mass is 32.2. The van der Waals surface area contributed by atoms with E-state index in [1.807, 2.05) is 31.0 Å². The molecule has 1 N–H and O–H groups in total. The molecule has 1 aromatic rings. The standard InChI is InChI=1S/C18H29N3O2S/c1-5-7-11-14-21(4)18(19-3)20-16(6-2)15-24(22,23)17-12-9-8-10-13-17/h5,8-10,12-13,16H,1,6-7,11,14-15H2,2-4H3,(H,19,20). The summed E-state index contributed by atoms with van der Waals surface area (Å²) in [5.74, 6) is 0.765. The lowest BCUT2D eigenvalue weighted by molar-refractivity contribution is 0.456. The monoisotopic (exact) mass is 351 g/mol. The summed E-state index contributed by atoms with van der Waals surface area (Å²) in [5, 5.41) is 3.28. The summed E-state index contributed by atoms with van der Waals surface area (Å²) in [5.41, 5.74) is 0. The van der Waals surface area contributed by atoms with E-state index in [-0.39, 0.29) is 11.8 Å². The zero-order valence-electron chi connectivity index (χ0n) is 14.9. The van der Waals surface area contributed by atoms with E-state index in [1.165, 1.54) is 0 Å². The van der Waals surface area contributed by atoms with E-state index in [1.54, 1.807) is 31.3 Å². The van der Waals surface area contributed by atoms with Crippen LogP contribution in [-0.2, 0) is 9.84 Å². The summed E-state index contributed by atoms with van der Waals surface area (Å²) >= 11 is 0. The number of guanidine groups is 1. The number of allylic oxidation sites excluding steroid dienone is 1. The maximum atomic E-state index is 12.5. The van der Waals surface area contributed by atoms with E-state index in [0.29, 0.717) is 17.3 Å². The number of aliphatic imine (C=N–C) groups is 1. The molecule has 0 aliphatic carbocycles. The Bertz CT molecular complexity index is 627. The van der Waals surface area contributed by atoms with Crippen molar-refractivity contribution in [2.75, 3.05) is 26.4 Å². The van der Waals surface area contributed by atoms with Crippen LogP contribution in [0.5, 0.6) is 0 Å². The van der Waals surface area contributed by atoms with Gasteiger partial charge in [-0.05, 0) is 31.4 Å². The van der Waals surface area contributed by atoms with Crippen molar-refractivity contribution in [3.63, 3.8) is 0 Å². The second-order valence-corrected chi connectivity index (χ2v) is 7.78. The number of sulfone groups is 1. The molecular formula is C18H29N3O2S. The number of hydrogen-bond acceptors (Lipinski definition) is 3. The molecule has 0 saturated carbocycles. The Hall–Kier alpha value is -1.82. The molecule has 0 aliphatic rings. The van der Waals surface area contributed by atoms with Gasteiger partial charge in [0.25, 0.3) is 0 Å². The third-order valence-corrected chi connectivity index (χ3v) is 5.66. The fourth-order valence-corrected chi connectivity index (χ4v) is 3.97. The molecule has 1 aromatic carbocycles. The van der Waals surface area contributed by atoms with E-state index < -0.39 is 9.84 Å². The molecule has 0 heterocycles. The lowest BCUT2D eigenvalue weighted by Gasteiger charge is -2.26. The average Bonchev–Trinajstić information content (AvgIpc) is 2.59. The van der Waals surface area contributed by atoms with Crippen LogP contribution in [0, 0.1) is 0 Å². The summed E-state index contributed by atoms with van der Waals surface area (Å²) in [6.45, 7) is 6.54. The van der Waals surface area contributed by atoms with Crippen molar-refractivity contribution in [2.45, 2.75) is 37.1 Å². The molecule has 0 saturated heterocycles. The van der Waals surface area contributed by atoms with E-state index in [0.717, 1.165) is 19.4 Å². The van der Waals surface area contributed by atoms with Crippen molar-refractivity contribution in [1.29, 1.82) is 0 Å². The maximum absolute atomic E-state index is 12.5. The van der Waals surface area contributed by atoms with Gasteiger partial charge in [0.1, 0.15) is 0 Å². The van der Waals surface area contributed by atoms with Crippen molar-refractivity contribution >= 4 is 15.8 Å². The molecule has 1 rings (SSSR count). The quantitative estimate of drug-likeness (QED) is 0.322. The number of benzene rings is 1. The van der Waals surface area contributed by atoms with Gasteiger partial charge in [-0.3, -0.25) is 4.99 Å². The fraction of sp³-hybridized carbons (Fsp3) is 0.500. The summed E-state index contributed by atoms with van der Waals surface area (Å²) in [7, 11) is 0.347. The first-order valence-corrected chi connectivity index (χ1v) is 9.93. The van der Waals surface area contributed by atoms with Gasteiger partial charge in [-0.25, -0.2) is 8.42 Å². The summed E-state index contributed by atoms with van der Waals surface area (Å²) < 4.78 is 25.1. The first-order valence-electron chi connectivity index (χ1n) is 8.27. The third-order valence-electron chi connectivity index (χ3n) is 3.82. The zero-order chi connectivity index (χ0) is 18.0. The molecule has 134 valence electrons. The highest BCUT2D eigenvalue weighted by Crippen LogP contribution is 2.12. The van der Waals surface area contributed by atoms with Crippen molar-refractivity contribution in [3.8, 4) is 0 Å². The molecule has 6 heteroatoms. The van der Waals surface area contributed by atoms with Crippen molar-refractivity contribution in [1.82, 2.24) is 10.2 Å². The van der Waals surface area contributed by atoms with E-state index in [2.05, 4.69) is 16.9 Å². The van der Waals surface area contributed by atoms with E-state index in [4.69, 9.17) is 0 Å². The van der Waals surface area contributed by atoms with Gasteiger partial charge in [0, 0.05) is 26.7 Å². The van der Waals surface area contributed by atoms with Gasteiger partial charge >= 0.3 is 0 Å². The molecule has 0 aliphatic heterocycles. The van der Waals surface area contributed by atoms with Crippen LogP contribution >= 0.6 is 0 Å². The second-order valence-electron chi connectivity index (χ2n) is 5.74. The number of nitrogens with zero attached hydrogens (tertiary/aromatic N) is 2. The summed E-state index contributed by atoms with van der Waals surface area (Å²) in [6, 6.07) is 8.39. The Kier molecular flexibility index (Phi) is 8.54. The van der Waals surface area contributed by atoms with Gasteiger partial charge in [-0.15, -0.1) is 6.58 Å². The minimum absolute atomic E-state index is 0.0486. The summed E-state index contributed by atoms with van der Waals surface area (Å²) in [4.78, 5) is 6.64.